The smallest absolute Gasteiger partial charge is 0.387 e. The molecular formula is C21H24F2N2O6S. The molecular weight excluding hydrogens is 446 g/mol. The summed E-state index contributed by atoms with van der Waals surface area (Å²) >= 11 is 0. The number of sulfonamides is 1. The lowest BCUT2D eigenvalue weighted by Gasteiger charge is -2.22. The van der Waals surface area contributed by atoms with E-state index in [2.05, 4.69) is 14.8 Å². The molecule has 2 aromatic rings. The molecule has 0 spiro atoms. The number of amides is 1. The van der Waals surface area contributed by atoms with Gasteiger partial charge in [0.2, 0.25) is 15.9 Å². The van der Waals surface area contributed by atoms with Crippen LogP contribution in [0.1, 0.15) is 20.3 Å². The minimum atomic E-state index is -4.06. The van der Waals surface area contributed by atoms with E-state index >= 15 is 0 Å². The van der Waals surface area contributed by atoms with E-state index in [1.54, 1.807) is 13.8 Å². The summed E-state index contributed by atoms with van der Waals surface area (Å²) in [6.07, 6.45) is 0.680. The molecule has 1 aliphatic rings. The zero-order valence-electron chi connectivity index (χ0n) is 17.5. The largest absolute Gasteiger partial charge is 0.490 e. The number of carbonyl (C=O) groups is 1. The van der Waals surface area contributed by atoms with Gasteiger partial charge in [-0.15, -0.1) is 0 Å². The van der Waals surface area contributed by atoms with Gasteiger partial charge in [-0.3, -0.25) is 4.79 Å². The van der Waals surface area contributed by atoms with Gasteiger partial charge in [0.15, 0.2) is 11.5 Å². The molecule has 0 unspecified atom stereocenters. The van der Waals surface area contributed by atoms with Gasteiger partial charge in [0.1, 0.15) is 11.8 Å². The molecule has 0 bridgehead atoms. The Labute approximate surface area is 184 Å². The molecule has 1 heterocycles. The Bertz CT molecular complexity index is 1040. The van der Waals surface area contributed by atoms with E-state index in [1.807, 2.05) is 0 Å². The van der Waals surface area contributed by atoms with Crippen LogP contribution in [0.3, 0.4) is 0 Å². The van der Waals surface area contributed by atoms with Crippen LogP contribution in [0.5, 0.6) is 17.2 Å². The summed E-state index contributed by atoms with van der Waals surface area (Å²) in [6, 6.07) is 8.47. The fraction of sp³-hybridized carbons (Fsp3) is 0.381. The molecule has 8 nitrogen and oxygen atoms in total. The van der Waals surface area contributed by atoms with Gasteiger partial charge < -0.3 is 19.5 Å². The van der Waals surface area contributed by atoms with Gasteiger partial charge in [0, 0.05) is 18.2 Å². The van der Waals surface area contributed by atoms with Gasteiger partial charge in [-0.2, -0.15) is 13.5 Å². The fourth-order valence-electron chi connectivity index (χ4n) is 2.98. The molecule has 0 aliphatic carbocycles. The van der Waals surface area contributed by atoms with Crippen molar-refractivity contribution in [1.82, 2.24) is 4.72 Å². The van der Waals surface area contributed by atoms with Crippen molar-refractivity contribution in [2.45, 2.75) is 37.8 Å². The summed E-state index contributed by atoms with van der Waals surface area (Å²) in [5.41, 5.74) is 0.303. The van der Waals surface area contributed by atoms with Crippen molar-refractivity contribution in [3.63, 3.8) is 0 Å². The predicted octanol–water partition coefficient (Wildman–Crippen LogP) is 3.39. The third-order valence-corrected chi connectivity index (χ3v) is 6.05. The van der Waals surface area contributed by atoms with Gasteiger partial charge in [0.25, 0.3) is 0 Å². The normalized spacial score (nSPS) is 14.7. The molecule has 0 aromatic heterocycles. The van der Waals surface area contributed by atoms with Gasteiger partial charge in [-0.1, -0.05) is 13.8 Å². The van der Waals surface area contributed by atoms with Crippen LogP contribution in [0.2, 0.25) is 0 Å². The van der Waals surface area contributed by atoms with Crippen LogP contribution in [0.25, 0.3) is 0 Å². The Morgan fingerprint density at radius 2 is 1.69 bits per heavy atom. The van der Waals surface area contributed by atoms with Crippen LogP contribution in [-0.2, 0) is 14.8 Å². The Morgan fingerprint density at radius 1 is 1.03 bits per heavy atom. The number of rotatable bonds is 8. The van der Waals surface area contributed by atoms with Gasteiger partial charge in [-0.25, -0.2) is 8.42 Å². The van der Waals surface area contributed by atoms with Crippen molar-refractivity contribution in [1.29, 1.82) is 0 Å². The van der Waals surface area contributed by atoms with Crippen molar-refractivity contribution in [3.05, 3.63) is 42.5 Å². The number of halogens is 2. The number of benzene rings is 2. The first kappa shape index (κ1) is 23.7. The molecule has 0 fully saturated rings. The summed E-state index contributed by atoms with van der Waals surface area (Å²) in [5, 5.41) is 2.58. The third kappa shape index (κ3) is 6.07. The van der Waals surface area contributed by atoms with Gasteiger partial charge >= 0.3 is 6.61 Å². The lowest BCUT2D eigenvalue weighted by Crippen LogP contribution is -2.47. The summed E-state index contributed by atoms with van der Waals surface area (Å²) in [7, 11) is -4.06. The topological polar surface area (TPSA) is 103 Å². The number of hydrogen-bond acceptors (Lipinski definition) is 6. The maximum atomic E-state index is 12.9. The number of alkyl halides is 2. The molecule has 1 amide bonds. The number of carbonyl (C=O) groups excluding carboxylic acids is 1. The Kier molecular flexibility index (Phi) is 7.52. The van der Waals surface area contributed by atoms with E-state index in [0.29, 0.717) is 36.8 Å². The van der Waals surface area contributed by atoms with Crippen molar-refractivity contribution >= 4 is 21.6 Å². The lowest BCUT2D eigenvalue weighted by molar-refractivity contribution is -0.118. The monoisotopic (exact) mass is 470 g/mol. The Morgan fingerprint density at radius 3 is 2.31 bits per heavy atom. The SMILES string of the molecule is CC(C)[C@@H](NS(=O)(=O)c1ccc2c(c1)OCCCO2)C(=O)Nc1ccc(OC(F)F)cc1. The molecule has 2 N–H and O–H groups in total. The number of fused-ring (bicyclic) bond motifs is 1. The number of hydrogen-bond donors (Lipinski definition) is 2. The molecule has 0 saturated carbocycles. The maximum Gasteiger partial charge on any atom is 0.387 e. The molecule has 174 valence electrons. The molecule has 32 heavy (non-hydrogen) atoms. The minimum absolute atomic E-state index is 0.0614. The van der Waals surface area contributed by atoms with E-state index in [9.17, 15) is 22.0 Å². The summed E-state index contributed by atoms with van der Waals surface area (Å²) in [6.45, 7) is 1.31. The average Bonchev–Trinajstić information content (AvgIpc) is 2.97. The van der Waals surface area contributed by atoms with Crippen molar-refractivity contribution in [3.8, 4) is 17.2 Å². The summed E-state index contributed by atoms with van der Waals surface area (Å²) < 4.78 is 68.2. The molecule has 1 atom stereocenters. The first-order valence-electron chi connectivity index (χ1n) is 9.93. The minimum Gasteiger partial charge on any atom is -0.490 e. The maximum absolute atomic E-state index is 12.9. The fourth-order valence-corrected chi connectivity index (χ4v) is 4.34. The highest BCUT2D eigenvalue weighted by Crippen LogP contribution is 2.32. The highest BCUT2D eigenvalue weighted by molar-refractivity contribution is 7.89. The third-order valence-electron chi connectivity index (χ3n) is 4.61. The van der Waals surface area contributed by atoms with Crippen LogP contribution >= 0.6 is 0 Å². The quantitative estimate of drug-likeness (QED) is 0.613. The first-order valence-corrected chi connectivity index (χ1v) is 11.4. The molecule has 2 aromatic carbocycles. The zero-order chi connectivity index (χ0) is 23.3. The number of anilines is 1. The second-order valence-corrected chi connectivity index (χ2v) is 9.11. The number of ether oxygens (including phenoxy) is 3. The van der Waals surface area contributed by atoms with Crippen molar-refractivity contribution in [2.24, 2.45) is 5.92 Å². The predicted molar refractivity (Wildman–Crippen MR) is 113 cm³/mol. The van der Waals surface area contributed by atoms with Crippen LogP contribution in [0.4, 0.5) is 14.5 Å². The molecule has 3 rings (SSSR count). The van der Waals surface area contributed by atoms with Crippen molar-refractivity contribution < 1.29 is 36.2 Å². The molecule has 11 heteroatoms. The second kappa shape index (κ2) is 10.1. The zero-order valence-corrected chi connectivity index (χ0v) is 18.3. The Balaban J connectivity index is 1.74. The average molecular weight is 470 g/mol. The first-order chi connectivity index (χ1) is 15.2. The van der Waals surface area contributed by atoms with Crippen molar-refractivity contribution in [2.75, 3.05) is 18.5 Å². The number of nitrogens with one attached hydrogen (secondary N) is 2. The van der Waals surface area contributed by atoms with E-state index in [0.717, 1.165) is 0 Å². The Hall–Kier alpha value is -2.92. The van der Waals surface area contributed by atoms with Crippen LogP contribution < -0.4 is 24.2 Å². The van der Waals surface area contributed by atoms with Gasteiger partial charge in [-0.05, 0) is 42.3 Å². The van der Waals surface area contributed by atoms with E-state index < -0.39 is 28.6 Å². The summed E-state index contributed by atoms with van der Waals surface area (Å²) in [4.78, 5) is 12.7. The molecule has 0 saturated heterocycles. The lowest BCUT2D eigenvalue weighted by atomic mass is 10.0. The standard InChI is InChI=1S/C21H24F2N2O6S/c1-13(2)19(20(26)24-14-4-6-15(7-5-14)31-21(22)23)25-32(27,28)16-8-9-17-18(12-16)30-11-3-10-29-17/h4-9,12-13,19,21,25H,3,10-11H2,1-2H3,(H,24,26)/t19-/m1/s1. The molecule has 1 aliphatic heterocycles. The second-order valence-electron chi connectivity index (χ2n) is 7.39. The van der Waals surface area contributed by atoms with Crippen LogP contribution in [0.15, 0.2) is 47.4 Å². The van der Waals surface area contributed by atoms with E-state index in [4.69, 9.17) is 9.47 Å². The van der Waals surface area contributed by atoms with Crippen LogP contribution in [0, 0.1) is 5.92 Å². The molecule has 0 radical (unpaired) electrons. The van der Waals surface area contributed by atoms with E-state index in [1.165, 1.54) is 42.5 Å². The van der Waals surface area contributed by atoms with Crippen LogP contribution in [-0.4, -0.2) is 40.2 Å². The van der Waals surface area contributed by atoms with Gasteiger partial charge in [0.05, 0.1) is 18.1 Å². The summed E-state index contributed by atoms with van der Waals surface area (Å²) in [5.74, 6) is -0.263. The highest BCUT2D eigenvalue weighted by atomic mass is 32.2. The van der Waals surface area contributed by atoms with E-state index in [-0.39, 0.29) is 16.6 Å². The highest BCUT2D eigenvalue weighted by Gasteiger charge is 2.29.